The summed E-state index contributed by atoms with van der Waals surface area (Å²) in [4.78, 5) is 0. The van der Waals surface area contributed by atoms with E-state index in [0.717, 1.165) is 18.3 Å². The van der Waals surface area contributed by atoms with Crippen LogP contribution in [0.3, 0.4) is 0 Å². The van der Waals surface area contributed by atoms with Gasteiger partial charge in [0.1, 0.15) is 0 Å². The Bertz CT molecular complexity index is 404. The van der Waals surface area contributed by atoms with Crippen LogP contribution in [0, 0.1) is 17.3 Å². The molecule has 1 nitrogen and oxygen atoms in total. The Kier molecular flexibility index (Phi) is 5.26. The number of hydrogen-bond acceptors (Lipinski definition) is 1. The molecule has 2 rings (SSSR count). The van der Waals surface area contributed by atoms with Crippen LogP contribution in [0.5, 0.6) is 0 Å². The minimum atomic E-state index is 0.526. The molecule has 112 valence electrons. The Labute approximate surface area is 125 Å². The second-order valence-corrected chi connectivity index (χ2v) is 7.36. The van der Waals surface area contributed by atoms with Crippen LogP contribution in [0.25, 0.3) is 0 Å². The molecule has 0 aliphatic heterocycles. The lowest BCUT2D eigenvalue weighted by Gasteiger charge is -2.41. The van der Waals surface area contributed by atoms with Gasteiger partial charge >= 0.3 is 0 Å². The predicted octanol–water partition coefficient (Wildman–Crippen LogP) is 4.45. The maximum atomic E-state index is 3.40. The first-order chi connectivity index (χ1) is 9.54. The van der Waals surface area contributed by atoms with Gasteiger partial charge in [-0.05, 0) is 74.1 Å². The summed E-state index contributed by atoms with van der Waals surface area (Å²) >= 11 is 0. The Balaban J connectivity index is 2.05. The molecule has 1 aromatic carbocycles. The van der Waals surface area contributed by atoms with E-state index in [-0.39, 0.29) is 0 Å². The van der Waals surface area contributed by atoms with Crippen molar-refractivity contribution in [2.45, 2.75) is 52.9 Å². The van der Waals surface area contributed by atoms with E-state index in [1.807, 2.05) is 0 Å². The Morgan fingerprint density at radius 2 is 1.75 bits per heavy atom. The highest BCUT2D eigenvalue weighted by molar-refractivity contribution is 5.23. The monoisotopic (exact) mass is 273 g/mol. The van der Waals surface area contributed by atoms with Crippen molar-refractivity contribution in [1.29, 1.82) is 0 Å². The lowest BCUT2D eigenvalue weighted by Crippen LogP contribution is -2.36. The van der Waals surface area contributed by atoms with Gasteiger partial charge in [0.15, 0.2) is 0 Å². The van der Waals surface area contributed by atoms with Crippen LogP contribution in [0.1, 0.15) is 51.2 Å². The molecule has 1 aromatic rings. The van der Waals surface area contributed by atoms with Crippen LogP contribution in [-0.4, -0.2) is 13.6 Å². The van der Waals surface area contributed by atoms with Crippen molar-refractivity contribution in [3.8, 4) is 0 Å². The molecule has 1 heteroatoms. The third kappa shape index (κ3) is 4.09. The van der Waals surface area contributed by atoms with Crippen LogP contribution < -0.4 is 5.32 Å². The molecule has 1 fully saturated rings. The van der Waals surface area contributed by atoms with Crippen LogP contribution in [0.15, 0.2) is 24.3 Å². The van der Waals surface area contributed by atoms with Crippen molar-refractivity contribution >= 4 is 0 Å². The lowest BCUT2D eigenvalue weighted by atomic mass is 9.65. The van der Waals surface area contributed by atoms with Crippen LogP contribution >= 0.6 is 0 Å². The van der Waals surface area contributed by atoms with E-state index >= 15 is 0 Å². The normalized spacial score (nSPS) is 25.6. The van der Waals surface area contributed by atoms with Crippen molar-refractivity contribution < 1.29 is 0 Å². The average molecular weight is 273 g/mol. The summed E-state index contributed by atoms with van der Waals surface area (Å²) in [7, 11) is 2.09. The zero-order valence-corrected chi connectivity index (χ0v) is 13.7. The second-order valence-electron chi connectivity index (χ2n) is 7.36. The summed E-state index contributed by atoms with van der Waals surface area (Å²) in [5.74, 6) is 1.68. The molecule has 1 N–H and O–H groups in total. The molecule has 2 unspecified atom stereocenters. The van der Waals surface area contributed by atoms with Gasteiger partial charge in [-0.3, -0.25) is 0 Å². The fraction of sp³-hybridized carbons (Fsp3) is 0.684. The molecule has 0 bridgehead atoms. The number of rotatable bonds is 5. The number of hydrogen-bond donors (Lipinski definition) is 1. The van der Waals surface area contributed by atoms with Gasteiger partial charge in [-0.2, -0.15) is 0 Å². The summed E-state index contributed by atoms with van der Waals surface area (Å²) in [5.41, 5.74) is 3.49. The van der Waals surface area contributed by atoms with Gasteiger partial charge in [0.05, 0.1) is 0 Å². The van der Waals surface area contributed by atoms with E-state index in [2.05, 4.69) is 57.4 Å². The summed E-state index contributed by atoms with van der Waals surface area (Å²) in [6.07, 6.45) is 6.52. The molecular formula is C19H31N. The molecule has 2 atom stereocenters. The Hall–Kier alpha value is -0.820. The van der Waals surface area contributed by atoms with E-state index < -0.39 is 0 Å². The van der Waals surface area contributed by atoms with E-state index in [0.29, 0.717) is 5.41 Å². The summed E-state index contributed by atoms with van der Waals surface area (Å²) in [5, 5.41) is 3.40. The summed E-state index contributed by atoms with van der Waals surface area (Å²) < 4.78 is 0. The molecule has 0 spiro atoms. The smallest absolute Gasteiger partial charge is 0.00207 e. The molecule has 0 radical (unpaired) electrons. The van der Waals surface area contributed by atoms with E-state index in [4.69, 9.17) is 0 Å². The number of aryl methyl sites for hydroxylation is 1. The fourth-order valence-electron chi connectivity index (χ4n) is 3.77. The average Bonchev–Trinajstić information content (AvgIpc) is 2.42. The molecule has 1 aliphatic carbocycles. The van der Waals surface area contributed by atoms with Gasteiger partial charge in [0.2, 0.25) is 0 Å². The molecule has 1 aliphatic rings. The largest absolute Gasteiger partial charge is 0.319 e. The number of benzene rings is 1. The van der Waals surface area contributed by atoms with Crippen LogP contribution in [0.2, 0.25) is 0 Å². The van der Waals surface area contributed by atoms with Gasteiger partial charge in [-0.25, -0.2) is 0 Å². The SMILES string of the molecule is CCc1ccc(CC2CC(C)(C)CCC2CNC)cc1. The topological polar surface area (TPSA) is 12.0 Å². The van der Waals surface area contributed by atoms with Gasteiger partial charge in [-0.15, -0.1) is 0 Å². The van der Waals surface area contributed by atoms with E-state index in [9.17, 15) is 0 Å². The highest BCUT2D eigenvalue weighted by atomic mass is 14.8. The van der Waals surface area contributed by atoms with E-state index in [1.54, 1.807) is 0 Å². The molecule has 0 saturated heterocycles. The van der Waals surface area contributed by atoms with Gasteiger partial charge in [-0.1, -0.05) is 45.0 Å². The van der Waals surface area contributed by atoms with Crippen molar-refractivity contribution in [2.75, 3.05) is 13.6 Å². The van der Waals surface area contributed by atoms with Crippen LogP contribution in [0.4, 0.5) is 0 Å². The second kappa shape index (κ2) is 6.76. The third-order valence-electron chi connectivity index (χ3n) is 5.07. The highest BCUT2D eigenvalue weighted by Gasteiger charge is 2.34. The predicted molar refractivity (Wildman–Crippen MR) is 88.1 cm³/mol. The van der Waals surface area contributed by atoms with Crippen molar-refractivity contribution in [2.24, 2.45) is 17.3 Å². The Morgan fingerprint density at radius 3 is 2.35 bits per heavy atom. The first kappa shape index (κ1) is 15.6. The molecule has 0 amide bonds. The quantitative estimate of drug-likeness (QED) is 0.835. The standard InChI is InChI=1S/C19H31N/c1-5-15-6-8-16(9-7-15)12-18-13-19(2,3)11-10-17(18)14-20-4/h6-9,17-18,20H,5,10-14H2,1-4H3. The van der Waals surface area contributed by atoms with Gasteiger partial charge in [0, 0.05) is 0 Å². The molecule has 20 heavy (non-hydrogen) atoms. The fourth-order valence-corrected chi connectivity index (χ4v) is 3.77. The first-order valence-electron chi connectivity index (χ1n) is 8.26. The first-order valence-corrected chi connectivity index (χ1v) is 8.26. The molecule has 0 heterocycles. The maximum Gasteiger partial charge on any atom is -0.00207 e. The maximum absolute atomic E-state index is 3.40. The van der Waals surface area contributed by atoms with E-state index in [1.165, 1.54) is 43.4 Å². The molecular weight excluding hydrogens is 242 g/mol. The van der Waals surface area contributed by atoms with Crippen molar-refractivity contribution in [3.05, 3.63) is 35.4 Å². The minimum Gasteiger partial charge on any atom is -0.319 e. The highest BCUT2D eigenvalue weighted by Crippen LogP contribution is 2.42. The molecule has 1 saturated carbocycles. The van der Waals surface area contributed by atoms with Crippen molar-refractivity contribution in [1.82, 2.24) is 5.32 Å². The summed E-state index contributed by atoms with van der Waals surface area (Å²) in [6, 6.07) is 9.29. The minimum absolute atomic E-state index is 0.526. The number of nitrogens with one attached hydrogen (secondary N) is 1. The van der Waals surface area contributed by atoms with Crippen LogP contribution in [-0.2, 0) is 12.8 Å². The van der Waals surface area contributed by atoms with Gasteiger partial charge in [0.25, 0.3) is 0 Å². The van der Waals surface area contributed by atoms with Crippen molar-refractivity contribution in [3.63, 3.8) is 0 Å². The third-order valence-corrected chi connectivity index (χ3v) is 5.07. The van der Waals surface area contributed by atoms with Gasteiger partial charge < -0.3 is 5.32 Å². The zero-order valence-electron chi connectivity index (χ0n) is 13.7. The summed E-state index contributed by atoms with van der Waals surface area (Å²) in [6.45, 7) is 8.28. The molecule has 0 aromatic heterocycles. The lowest BCUT2D eigenvalue weighted by molar-refractivity contribution is 0.117. The zero-order chi connectivity index (χ0) is 14.6. The Morgan fingerprint density at radius 1 is 1.10 bits per heavy atom.